The van der Waals surface area contributed by atoms with Gasteiger partial charge in [0.1, 0.15) is 0 Å². The molecule has 0 unspecified atom stereocenters. The summed E-state index contributed by atoms with van der Waals surface area (Å²) < 4.78 is 2.31. The van der Waals surface area contributed by atoms with E-state index in [4.69, 9.17) is 5.73 Å². The Morgan fingerprint density at radius 2 is 1.95 bits per heavy atom. The first-order valence-electron chi connectivity index (χ1n) is 7.58. The molecule has 0 fully saturated rings. The lowest BCUT2D eigenvalue weighted by Crippen LogP contribution is -2.10. The first-order valence-corrected chi connectivity index (χ1v) is 8.56. The molecule has 0 spiro atoms. The molecule has 2 N–H and O–H groups in total. The maximum absolute atomic E-state index is 11.1. The van der Waals surface area contributed by atoms with Gasteiger partial charge in [0, 0.05) is 23.6 Å². The molecule has 1 aromatic heterocycles. The number of benzene rings is 1. The first kappa shape index (κ1) is 16.6. The van der Waals surface area contributed by atoms with Crippen LogP contribution in [0.3, 0.4) is 0 Å². The number of nitrogens with zero attached hydrogens (tertiary/aromatic N) is 2. The number of hydrogen-bond acceptors (Lipinski definition) is 3. The van der Waals surface area contributed by atoms with Crippen molar-refractivity contribution in [2.75, 3.05) is 0 Å². The Morgan fingerprint density at radius 1 is 1.27 bits per heavy atom. The van der Waals surface area contributed by atoms with E-state index in [1.165, 1.54) is 12.1 Å². The van der Waals surface area contributed by atoms with Gasteiger partial charge in [-0.05, 0) is 38.0 Å². The van der Waals surface area contributed by atoms with Gasteiger partial charge in [-0.15, -0.1) is 0 Å². The zero-order valence-corrected chi connectivity index (χ0v) is 14.2. The SMILES string of the molecule is CCCCn1c(SCc2ccc(C(N)=O)cc2)nc(C)c1C. The van der Waals surface area contributed by atoms with Crippen LogP contribution in [0.4, 0.5) is 0 Å². The smallest absolute Gasteiger partial charge is 0.248 e. The Bertz CT molecular complexity index is 647. The Morgan fingerprint density at radius 3 is 2.55 bits per heavy atom. The summed E-state index contributed by atoms with van der Waals surface area (Å²) in [5, 5.41) is 1.07. The van der Waals surface area contributed by atoms with Crippen molar-refractivity contribution in [1.82, 2.24) is 9.55 Å². The number of imidazole rings is 1. The summed E-state index contributed by atoms with van der Waals surface area (Å²) >= 11 is 1.74. The van der Waals surface area contributed by atoms with E-state index in [2.05, 4.69) is 30.3 Å². The highest BCUT2D eigenvalue weighted by Gasteiger charge is 2.11. The molecule has 118 valence electrons. The lowest BCUT2D eigenvalue weighted by atomic mass is 10.1. The van der Waals surface area contributed by atoms with Crippen molar-refractivity contribution in [2.45, 2.75) is 51.1 Å². The summed E-state index contributed by atoms with van der Waals surface area (Å²) in [5.74, 6) is 0.446. The molecule has 1 amide bonds. The number of primary amides is 1. The number of thioether (sulfide) groups is 1. The minimum absolute atomic E-state index is 0.388. The molecule has 0 atom stereocenters. The lowest BCUT2D eigenvalue weighted by Gasteiger charge is -2.09. The van der Waals surface area contributed by atoms with Crippen molar-refractivity contribution < 1.29 is 4.79 Å². The predicted octanol–water partition coefficient (Wildman–Crippen LogP) is 3.69. The largest absolute Gasteiger partial charge is 0.366 e. The van der Waals surface area contributed by atoms with Crippen molar-refractivity contribution in [3.05, 3.63) is 46.8 Å². The van der Waals surface area contributed by atoms with Crippen molar-refractivity contribution in [1.29, 1.82) is 0 Å². The van der Waals surface area contributed by atoms with E-state index < -0.39 is 0 Å². The Hall–Kier alpha value is -1.75. The van der Waals surface area contributed by atoms with E-state index in [9.17, 15) is 4.79 Å². The first-order chi connectivity index (χ1) is 10.5. The van der Waals surface area contributed by atoms with Crippen LogP contribution >= 0.6 is 11.8 Å². The van der Waals surface area contributed by atoms with Gasteiger partial charge in [0.15, 0.2) is 5.16 Å². The number of carbonyl (C=O) groups excluding carboxylic acids is 1. The van der Waals surface area contributed by atoms with Crippen molar-refractivity contribution >= 4 is 17.7 Å². The summed E-state index contributed by atoms with van der Waals surface area (Å²) in [6, 6.07) is 7.45. The van der Waals surface area contributed by atoms with Crippen molar-refractivity contribution in [2.24, 2.45) is 5.73 Å². The summed E-state index contributed by atoms with van der Waals surface area (Å²) in [7, 11) is 0. The monoisotopic (exact) mass is 317 g/mol. The molecule has 0 saturated heterocycles. The second-order valence-electron chi connectivity index (χ2n) is 5.42. The molecule has 2 rings (SSSR count). The lowest BCUT2D eigenvalue weighted by molar-refractivity contribution is 0.100. The van der Waals surface area contributed by atoms with Crippen molar-refractivity contribution in [3.63, 3.8) is 0 Å². The van der Waals surface area contributed by atoms with Crippen LogP contribution in [-0.4, -0.2) is 15.5 Å². The normalized spacial score (nSPS) is 10.9. The fourth-order valence-electron chi connectivity index (χ4n) is 2.23. The fraction of sp³-hybridized carbons (Fsp3) is 0.412. The van der Waals surface area contributed by atoms with Crippen LogP contribution in [0, 0.1) is 13.8 Å². The summed E-state index contributed by atoms with van der Waals surface area (Å²) in [6.07, 6.45) is 2.34. The highest BCUT2D eigenvalue weighted by molar-refractivity contribution is 7.98. The third kappa shape index (κ3) is 3.91. The average molecular weight is 317 g/mol. The Balaban J connectivity index is 2.07. The molecule has 0 aliphatic rings. The van der Waals surface area contributed by atoms with Gasteiger partial charge in [-0.1, -0.05) is 37.2 Å². The van der Waals surface area contributed by atoms with Gasteiger partial charge in [-0.25, -0.2) is 4.98 Å². The van der Waals surface area contributed by atoms with Gasteiger partial charge in [0.05, 0.1) is 5.69 Å². The highest BCUT2D eigenvalue weighted by Crippen LogP contribution is 2.25. The number of hydrogen-bond donors (Lipinski definition) is 1. The number of carbonyl (C=O) groups is 1. The zero-order chi connectivity index (χ0) is 16.1. The summed E-state index contributed by atoms with van der Waals surface area (Å²) in [5.41, 5.74) is 9.32. The Kier molecular flexibility index (Phi) is 5.66. The molecule has 0 aliphatic carbocycles. The number of aromatic nitrogens is 2. The highest BCUT2D eigenvalue weighted by atomic mass is 32.2. The quantitative estimate of drug-likeness (QED) is 0.792. The molecule has 0 aliphatic heterocycles. The number of amides is 1. The predicted molar refractivity (Wildman–Crippen MR) is 91.1 cm³/mol. The van der Waals surface area contributed by atoms with Crippen LogP contribution in [0.15, 0.2) is 29.4 Å². The van der Waals surface area contributed by atoms with Crippen LogP contribution in [0.2, 0.25) is 0 Å². The van der Waals surface area contributed by atoms with E-state index >= 15 is 0 Å². The van der Waals surface area contributed by atoms with E-state index in [0.29, 0.717) is 5.56 Å². The average Bonchev–Trinajstić information content (AvgIpc) is 2.78. The third-order valence-corrected chi connectivity index (χ3v) is 4.81. The number of aryl methyl sites for hydroxylation is 1. The van der Waals surface area contributed by atoms with Gasteiger partial charge in [-0.3, -0.25) is 4.79 Å². The maximum Gasteiger partial charge on any atom is 0.248 e. The standard InChI is InChI=1S/C17H23N3OS/c1-4-5-10-20-13(3)12(2)19-17(20)22-11-14-6-8-15(9-7-14)16(18)21/h6-9H,4-5,10-11H2,1-3H3,(H2,18,21). The topological polar surface area (TPSA) is 60.9 Å². The minimum Gasteiger partial charge on any atom is -0.366 e. The second-order valence-corrected chi connectivity index (χ2v) is 6.36. The van der Waals surface area contributed by atoms with Gasteiger partial charge >= 0.3 is 0 Å². The van der Waals surface area contributed by atoms with E-state index in [0.717, 1.165) is 35.1 Å². The molecule has 0 radical (unpaired) electrons. The van der Waals surface area contributed by atoms with E-state index in [-0.39, 0.29) is 5.91 Å². The molecule has 0 bridgehead atoms. The van der Waals surface area contributed by atoms with Crippen LogP contribution in [0.1, 0.15) is 47.1 Å². The van der Waals surface area contributed by atoms with Crippen LogP contribution in [0.5, 0.6) is 0 Å². The maximum atomic E-state index is 11.1. The van der Waals surface area contributed by atoms with Gasteiger partial charge in [-0.2, -0.15) is 0 Å². The summed E-state index contributed by atoms with van der Waals surface area (Å²) in [6.45, 7) is 7.41. The summed E-state index contributed by atoms with van der Waals surface area (Å²) in [4.78, 5) is 15.8. The van der Waals surface area contributed by atoms with Crippen LogP contribution < -0.4 is 5.73 Å². The van der Waals surface area contributed by atoms with E-state index in [1.54, 1.807) is 23.9 Å². The van der Waals surface area contributed by atoms with Gasteiger partial charge < -0.3 is 10.3 Å². The molecular weight excluding hydrogens is 294 g/mol. The van der Waals surface area contributed by atoms with Gasteiger partial charge in [0.25, 0.3) is 0 Å². The fourth-order valence-corrected chi connectivity index (χ4v) is 3.30. The molecule has 4 nitrogen and oxygen atoms in total. The number of nitrogens with two attached hydrogens (primary N) is 1. The number of unbranched alkanes of at least 4 members (excludes halogenated alkanes) is 1. The zero-order valence-electron chi connectivity index (χ0n) is 13.4. The van der Waals surface area contributed by atoms with Crippen LogP contribution in [0.25, 0.3) is 0 Å². The molecule has 1 heterocycles. The molecule has 0 saturated carbocycles. The van der Waals surface area contributed by atoms with E-state index in [1.807, 2.05) is 12.1 Å². The molecule has 22 heavy (non-hydrogen) atoms. The number of rotatable bonds is 7. The van der Waals surface area contributed by atoms with Gasteiger partial charge in [0.2, 0.25) is 5.91 Å². The van der Waals surface area contributed by atoms with Crippen molar-refractivity contribution in [3.8, 4) is 0 Å². The Labute approximate surface area is 136 Å². The second kappa shape index (κ2) is 7.49. The minimum atomic E-state index is -0.388. The molecule has 5 heteroatoms. The third-order valence-electron chi connectivity index (χ3n) is 3.76. The molecule has 2 aromatic rings. The molecular formula is C17H23N3OS. The van der Waals surface area contributed by atoms with Crippen LogP contribution in [-0.2, 0) is 12.3 Å². The molecule has 1 aromatic carbocycles.